The average Bonchev–Trinajstić information content (AvgIpc) is 3.26. The molecule has 0 amide bonds. The number of nitriles is 1. The third-order valence-corrected chi connectivity index (χ3v) is 5.65. The number of hydrogen-bond donors (Lipinski definition) is 1. The summed E-state index contributed by atoms with van der Waals surface area (Å²) in [6.45, 7) is -0.323. The number of aromatic amines is 1. The molecule has 1 aromatic carbocycles. The molecule has 0 saturated carbocycles. The Bertz CT molecular complexity index is 1160. The van der Waals surface area contributed by atoms with Crippen molar-refractivity contribution in [1.82, 2.24) is 20.1 Å². The third kappa shape index (κ3) is 4.99. The molecule has 34 heavy (non-hydrogen) atoms. The fourth-order valence-electron chi connectivity index (χ4n) is 3.88. The molecule has 0 spiro atoms. The quantitative estimate of drug-likeness (QED) is 0.552. The van der Waals surface area contributed by atoms with Crippen molar-refractivity contribution in [1.29, 1.82) is 5.26 Å². The van der Waals surface area contributed by atoms with Crippen LogP contribution in [0.1, 0.15) is 16.7 Å². The van der Waals surface area contributed by atoms with Crippen LogP contribution >= 0.6 is 0 Å². The van der Waals surface area contributed by atoms with E-state index in [9.17, 15) is 26.3 Å². The van der Waals surface area contributed by atoms with Crippen LogP contribution in [-0.2, 0) is 12.7 Å². The van der Waals surface area contributed by atoms with Gasteiger partial charge in [-0.1, -0.05) is 12.1 Å². The topological polar surface area (TPSA) is 71.8 Å². The van der Waals surface area contributed by atoms with Gasteiger partial charge in [-0.05, 0) is 24.3 Å². The van der Waals surface area contributed by atoms with Gasteiger partial charge in [-0.2, -0.15) is 36.7 Å². The van der Waals surface area contributed by atoms with Crippen molar-refractivity contribution < 1.29 is 26.3 Å². The number of rotatable bonds is 4. The molecule has 1 N–H and O–H groups in total. The summed E-state index contributed by atoms with van der Waals surface area (Å²) < 4.78 is 80.2. The molecule has 1 atom stereocenters. The number of piperazine rings is 1. The first-order valence-electron chi connectivity index (χ1n) is 10.2. The summed E-state index contributed by atoms with van der Waals surface area (Å²) in [6, 6.07) is 8.60. The Morgan fingerprint density at radius 1 is 1.03 bits per heavy atom. The molecule has 0 unspecified atom stereocenters. The lowest BCUT2D eigenvalue weighted by molar-refractivity contribution is -0.186. The molecule has 1 fully saturated rings. The van der Waals surface area contributed by atoms with Crippen LogP contribution in [0.3, 0.4) is 0 Å². The summed E-state index contributed by atoms with van der Waals surface area (Å²) in [4.78, 5) is 6.35. The predicted octanol–water partition coefficient (Wildman–Crippen LogP) is 4.62. The summed E-state index contributed by atoms with van der Waals surface area (Å²) in [5.41, 5.74) is 1.19. The van der Waals surface area contributed by atoms with E-state index in [1.807, 2.05) is 6.07 Å². The van der Waals surface area contributed by atoms with E-state index in [0.29, 0.717) is 28.6 Å². The van der Waals surface area contributed by atoms with Gasteiger partial charge in [0.05, 0.1) is 22.9 Å². The minimum absolute atomic E-state index is 0.0187. The van der Waals surface area contributed by atoms with Gasteiger partial charge in [0.1, 0.15) is 11.9 Å². The summed E-state index contributed by atoms with van der Waals surface area (Å²) in [6.07, 6.45) is -6.98. The molecule has 178 valence electrons. The number of alkyl halides is 6. The highest BCUT2D eigenvalue weighted by atomic mass is 19.4. The molecule has 0 bridgehead atoms. The molecule has 2 aromatic heterocycles. The first-order chi connectivity index (χ1) is 16.1. The monoisotopic (exact) mass is 480 g/mol. The van der Waals surface area contributed by atoms with Crippen molar-refractivity contribution in [2.45, 2.75) is 24.9 Å². The maximum absolute atomic E-state index is 13.9. The molecule has 6 nitrogen and oxygen atoms in total. The van der Waals surface area contributed by atoms with Crippen LogP contribution < -0.4 is 4.90 Å². The maximum atomic E-state index is 13.9. The molecule has 1 saturated heterocycles. The van der Waals surface area contributed by atoms with Crippen molar-refractivity contribution in [3.8, 4) is 17.3 Å². The molecule has 1 aliphatic rings. The normalized spacial score (nSPS) is 17.6. The molecule has 12 heteroatoms. The first kappa shape index (κ1) is 23.6. The van der Waals surface area contributed by atoms with Crippen LogP contribution in [0.5, 0.6) is 0 Å². The number of aromatic nitrogens is 3. The third-order valence-electron chi connectivity index (χ3n) is 5.65. The molecule has 0 radical (unpaired) electrons. The van der Waals surface area contributed by atoms with E-state index in [-0.39, 0.29) is 25.5 Å². The zero-order chi connectivity index (χ0) is 24.5. The minimum Gasteiger partial charge on any atom is -0.353 e. The highest BCUT2D eigenvalue weighted by Gasteiger charge is 2.47. The summed E-state index contributed by atoms with van der Waals surface area (Å²) in [5.74, 6) is 0.0588. The number of benzene rings is 1. The average molecular weight is 480 g/mol. The Morgan fingerprint density at radius 3 is 2.35 bits per heavy atom. The van der Waals surface area contributed by atoms with Crippen LogP contribution in [-0.4, -0.2) is 51.9 Å². The fourth-order valence-corrected chi connectivity index (χ4v) is 3.88. The van der Waals surface area contributed by atoms with E-state index in [1.54, 1.807) is 24.3 Å². The van der Waals surface area contributed by atoms with Crippen LogP contribution in [0.15, 0.2) is 48.8 Å². The van der Waals surface area contributed by atoms with Crippen LogP contribution in [0.2, 0.25) is 0 Å². The smallest absolute Gasteiger partial charge is 0.353 e. The maximum Gasteiger partial charge on any atom is 0.417 e. The van der Waals surface area contributed by atoms with Crippen molar-refractivity contribution >= 4 is 5.82 Å². The largest absolute Gasteiger partial charge is 0.417 e. The fraction of sp³-hybridized carbons (Fsp3) is 0.318. The van der Waals surface area contributed by atoms with E-state index in [1.165, 1.54) is 16.0 Å². The van der Waals surface area contributed by atoms with Gasteiger partial charge >= 0.3 is 12.4 Å². The Labute approximate surface area is 190 Å². The highest BCUT2D eigenvalue weighted by Crippen LogP contribution is 2.33. The second kappa shape index (κ2) is 8.98. The SMILES string of the molecule is N#Cc1ccc(-c2n[nH]cc2CN2CCN(c3ccc(C(F)(F)F)cn3)C[C@H]2C(F)(F)F)cc1. The van der Waals surface area contributed by atoms with E-state index < -0.39 is 30.5 Å². The Kier molecular flexibility index (Phi) is 6.22. The molecule has 3 heterocycles. The molecular weight excluding hydrogens is 462 g/mol. The van der Waals surface area contributed by atoms with Crippen molar-refractivity contribution in [3.05, 3.63) is 65.5 Å². The Morgan fingerprint density at radius 2 is 1.76 bits per heavy atom. The summed E-state index contributed by atoms with van der Waals surface area (Å²) in [7, 11) is 0. The van der Waals surface area contributed by atoms with Crippen molar-refractivity contribution in [2.24, 2.45) is 0 Å². The standard InChI is InChI=1S/C22H18F6N6/c23-21(24,25)17-5-6-19(30-11-17)34-8-7-33(18(13-34)22(26,27)28)12-16-10-31-32-20(16)15-3-1-14(9-29)2-4-15/h1-6,10-11,18H,7-8,12-13H2,(H,31,32)/t18-/m0/s1. The lowest BCUT2D eigenvalue weighted by Gasteiger charge is -2.42. The zero-order valence-corrected chi connectivity index (χ0v) is 17.5. The van der Waals surface area contributed by atoms with Crippen molar-refractivity contribution in [3.63, 3.8) is 0 Å². The van der Waals surface area contributed by atoms with Gasteiger partial charge in [-0.25, -0.2) is 4.98 Å². The minimum atomic E-state index is -4.57. The predicted molar refractivity (Wildman–Crippen MR) is 110 cm³/mol. The number of nitrogens with zero attached hydrogens (tertiary/aromatic N) is 5. The molecule has 0 aliphatic carbocycles. The zero-order valence-electron chi connectivity index (χ0n) is 17.5. The summed E-state index contributed by atoms with van der Waals surface area (Å²) in [5, 5.41) is 15.8. The molecule has 4 rings (SSSR count). The van der Waals surface area contributed by atoms with Gasteiger partial charge in [0.25, 0.3) is 0 Å². The van der Waals surface area contributed by atoms with Gasteiger partial charge in [-0.15, -0.1) is 0 Å². The van der Waals surface area contributed by atoms with Crippen LogP contribution in [0, 0.1) is 11.3 Å². The highest BCUT2D eigenvalue weighted by molar-refractivity contribution is 5.63. The van der Waals surface area contributed by atoms with Gasteiger partial charge in [0, 0.05) is 49.7 Å². The van der Waals surface area contributed by atoms with Crippen LogP contribution in [0.25, 0.3) is 11.3 Å². The van der Waals surface area contributed by atoms with Crippen LogP contribution in [0.4, 0.5) is 32.2 Å². The number of pyridine rings is 1. The van der Waals surface area contributed by atoms with Gasteiger partial charge in [0.15, 0.2) is 0 Å². The van der Waals surface area contributed by atoms with Crippen molar-refractivity contribution in [2.75, 3.05) is 24.5 Å². The number of anilines is 1. The second-order valence-corrected chi connectivity index (χ2v) is 7.82. The number of H-pyrrole nitrogens is 1. The van der Waals surface area contributed by atoms with E-state index in [0.717, 1.165) is 12.1 Å². The van der Waals surface area contributed by atoms with Gasteiger partial charge in [-0.3, -0.25) is 10.00 Å². The number of nitrogens with one attached hydrogen (secondary N) is 1. The van der Waals surface area contributed by atoms with E-state index in [4.69, 9.17) is 5.26 Å². The number of hydrogen-bond acceptors (Lipinski definition) is 5. The Hall–Kier alpha value is -3.59. The first-order valence-corrected chi connectivity index (χ1v) is 10.2. The molecule has 1 aliphatic heterocycles. The Balaban J connectivity index is 1.53. The lowest BCUT2D eigenvalue weighted by Crippen LogP contribution is -2.58. The molecule has 3 aromatic rings. The molecular formula is C22H18F6N6. The van der Waals surface area contributed by atoms with Gasteiger partial charge in [0.2, 0.25) is 0 Å². The lowest BCUT2D eigenvalue weighted by atomic mass is 10.0. The van der Waals surface area contributed by atoms with E-state index >= 15 is 0 Å². The van der Waals surface area contributed by atoms with E-state index in [2.05, 4.69) is 15.2 Å². The summed E-state index contributed by atoms with van der Waals surface area (Å²) >= 11 is 0. The van der Waals surface area contributed by atoms with Gasteiger partial charge < -0.3 is 4.90 Å². The number of halogens is 6. The second-order valence-electron chi connectivity index (χ2n) is 7.82.